The molecule has 1 atom stereocenters. The van der Waals surface area contributed by atoms with Gasteiger partial charge >= 0.3 is 0 Å². The van der Waals surface area contributed by atoms with Crippen LogP contribution >= 0.6 is 0 Å². The van der Waals surface area contributed by atoms with Gasteiger partial charge in [0.1, 0.15) is 0 Å². The van der Waals surface area contributed by atoms with Crippen molar-refractivity contribution >= 4 is 0 Å². The summed E-state index contributed by atoms with van der Waals surface area (Å²) in [7, 11) is 0. The Kier molecular flexibility index (Phi) is 5.20. The van der Waals surface area contributed by atoms with Gasteiger partial charge in [0, 0.05) is 19.1 Å². The zero-order chi connectivity index (χ0) is 14.4. The molecule has 6 nitrogen and oxygen atoms in total. The lowest BCUT2D eigenvalue weighted by atomic mass is 10.2. The average Bonchev–Trinajstić information content (AvgIpc) is 2.93. The van der Waals surface area contributed by atoms with E-state index in [1.807, 2.05) is 30.3 Å². The largest absolute Gasteiger partial charge is 0.313 e. The zero-order valence-electron chi connectivity index (χ0n) is 12.2. The minimum absolute atomic E-state index is 0.0965. The number of rotatable bonds is 7. The second-order valence-corrected chi connectivity index (χ2v) is 5.07. The van der Waals surface area contributed by atoms with Crippen LogP contribution in [0.5, 0.6) is 0 Å². The van der Waals surface area contributed by atoms with E-state index in [-0.39, 0.29) is 6.04 Å². The Morgan fingerprint density at radius 2 is 1.75 bits per heavy atom. The number of nitrogens with zero attached hydrogens (tertiary/aromatic N) is 4. The molecule has 2 aromatic rings. The summed E-state index contributed by atoms with van der Waals surface area (Å²) in [4.78, 5) is 0. The number of hydrogen-bond acceptors (Lipinski definition) is 5. The fraction of sp³-hybridized carbons (Fsp3) is 0.500. The molecule has 0 aliphatic carbocycles. The fourth-order valence-corrected chi connectivity index (χ4v) is 1.96. The number of aromatic nitrogens is 4. The van der Waals surface area contributed by atoms with Crippen molar-refractivity contribution < 1.29 is 0 Å². The lowest BCUT2D eigenvalue weighted by Gasteiger charge is -2.14. The molecule has 1 aromatic heterocycles. The summed E-state index contributed by atoms with van der Waals surface area (Å²) in [6, 6.07) is 10.5. The first kappa shape index (κ1) is 14.6. The Balaban J connectivity index is 1.97. The van der Waals surface area contributed by atoms with Crippen LogP contribution in [0.2, 0.25) is 0 Å². The van der Waals surface area contributed by atoms with Crippen molar-refractivity contribution in [3.8, 4) is 5.69 Å². The number of tetrazole rings is 1. The molecule has 0 aliphatic heterocycles. The highest BCUT2D eigenvalue weighted by Crippen LogP contribution is 2.12. The minimum Gasteiger partial charge on any atom is -0.313 e. The van der Waals surface area contributed by atoms with Crippen molar-refractivity contribution in [3.63, 3.8) is 0 Å². The minimum atomic E-state index is 0.0965. The monoisotopic (exact) mass is 274 g/mol. The lowest BCUT2D eigenvalue weighted by molar-refractivity contribution is 0.498. The summed E-state index contributed by atoms with van der Waals surface area (Å²) >= 11 is 0. The molecule has 1 unspecified atom stereocenters. The number of nitrogens with one attached hydrogen (secondary N) is 2. The third-order valence-electron chi connectivity index (χ3n) is 3.01. The molecule has 6 heteroatoms. The predicted molar refractivity (Wildman–Crippen MR) is 78.7 cm³/mol. The summed E-state index contributed by atoms with van der Waals surface area (Å²) < 4.78 is 1.77. The van der Waals surface area contributed by atoms with Crippen molar-refractivity contribution in [2.24, 2.45) is 0 Å². The van der Waals surface area contributed by atoms with Crippen molar-refractivity contribution in [2.75, 3.05) is 13.1 Å². The van der Waals surface area contributed by atoms with E-state index in [9.17, 15) is 0 Å². The standard InChI is InChI=1S/C14H22N6/c1-11(2)15-9-10-16-12(3)14-17-18-19-20(14)13-7-5-4-6-8-13/h4-8,11-12,15-16H,9-10H2,1-3H3. The first-order valence-corrected chi connectivity index (χ1v) is 6.99. The van der Waals surface area contributed by atoms with Crippen LogP contribution < -0.4 is 10.6 Å². The lowest BCUT2D eigenvalue weighted by Crippen LogP contribution is -2.33. The van der Waals surface area contributed by atoms with E-state index < -0.39 is 0 Å². The van der Waals surface area contributed by atoms with E-state index in [1.165, 1.54) is 0 Å². The summed E-state index contributed by atoms with van der Waals surface area (Å²) in [5.41, 5.74) is 0.974. The molecular weight excluding hydrogens is 252 g/mol. The van der Waals surface area contributed by atoms with E-state index in [0.717, 1.165) is 24.6 Å². The van der Waals surface area contributed by atoms with Crippen LogP contribution in [0.4, 0.5) is 0 Å². The van der Waals surface area contributed by atoms with E-state index >= 15 is 0 Å². The SMILES string of the molecule is CC(C)NCCNC(C)c1nnnn1-c1ccccc1. The van der Waals surface area contributed by atoms with Crippen LogP contribution in [0.3, 0.4) is 0 Å². The normalized spacial score (nSPS) is 12.8. The smallest absolute Gasteiger partial charge is 0.173 e. The van der Waals surface area contributed by atoms with Crippen molar-refractivity contribution in [1.29, 1.82) is 0 Å². The Labute approximate surface area is 119 Å². The van der Waals surface area contributed by atoms with Crippen LogP contribution in [-0.4, -0.2) is 39.3 Å². The first-order valence-electron chi connectivity index (χ1n) is 6.99. The van der Waals surface area contributed by atoms with Crippen LogP contribution in [0, 0.1) is 0 Å². The fourth-order valence-electron chi connectivity index (χ4n) is 1.96. The van der Waals surface area contributed by atoms with Crippen molar-refractivity contribution in [2.45, 2.75) is 32.9 Å². The molecule has 2 rings (SSSR count). The summed E-state index contributed by atoms with van der Waals surface area (Å²) in [6.07, 6.45) is 0. The molecule has 0 aliphatic rings. The molecule has 0 saturated heterocycles. The maximum Gasteiger partial charge on any atom is 0.173 e. The maximum atomic E-state index is 4.13. The Morgan fingerprint density at radius 1 is 1.05 bits per heavy atom. The molecule has 0 amide bonds. The summed E-state index contributed by atoms with van der Waals surface area (Å²) in [5.74, 6) is 0.820. The molecule has 0 fully saturated rings. The number of hydrogen-bond donors (Lipinski definition) is 2. The van der Waals surface area contributed by atoms with E-state index in [0.29, 0.717) is 6.04 Å². The van der Waals surface area contributed by atoms with Gasteiger partial charge in [-0.25, -0.2) is 0 Å². The van der Waals surface area contributed by atoms with Crippen LogP contribution in [-0.2, 0) is 0 Å². The molecule has 0 bridgehead atoms. The van der Waals surface area contributed by atoms with E-state index in [1.54, 1.807) is 4.68 Å². The molecule has 0 radical (unpaired) electrons. The third-order valence-corrected chi connectivity index (χ3v) is 3.01. The van der Waals surface area contributed by atoms with Gasteiger partial charge in [-0.15, -0.1) is 5.10 Å². The molecule has 20 heavy (non-hydrogen) atoms. The van der Waals surface area contributed by atoms with Gasteiger partial charge in [0.15, 0.2) is 5.82 Å². The molecule has 1 heterocycles. The van der Waals surface area contributed by atoms with Crippen molar-refractivity contribution in [3.05, 3.63) is 36.2 Å². The van der Waals surface area contributed by atoms with Crippen LogP contribution in [0.25, 0.3) is 5.69 Å². The van der Waals surface area contributed by atoms with E-state index in [4.69, 9.17) is 0 Å². The van der Waals surface area contributed by atoms with Gasteiger partial charge in [-0.3, -0.25) is 0 Å². The first-order chi connectivity index (χ1) is 9.68. The zero-order valence-corrected chi connectivity index (χ0v) is 12.2. The molecular formula is C14H22N6. The Hall–Kier alpha value is -1.79. The second-order valence-electron chi connectivity index (χ2n) is 5.07. The van der Waals surface area contributed by atoms with Gasteiger partial charge in [-0.2, -0.15) is 4.68 Å². The topological polar surface area (TPSA) is 67.7 Å². The van der Waals surface area contributed by atoms with Crippen LogP contribution in [0.15, 0.2) is 30.3 Å². The predicted octanol–water partition coefficient (Wildman–Crippen LogP) is 1.31. The summed E-state index contributed by atoms with van der Waals surface area (Å²) in [6.45, 7) is 8.15. The molecule has 108 valence electrons. The maximum absolute atomic E-state index is 4.13. The molecule has 1 aromatic carbocycles. The van der Waals surface area contributed by atoms with Gasteiger partial charge in [0.2, 0.25) is 0 Å². The highest BCUT2D eigenvalue weighted by molar-refractivity contribution is 5.30. The number of benzene rings is 1. The quantitative estimate of drug-likeness (QED) is 0.745. The molecule has 2 N–H and O–H groups in total. The second kappa shape index (κ2) is 7.12. The van der Waals surface area contributed by atoms with Gasteiger partial charge in [-0.05, 0) is 29.5 Å². The molecule has 0 saturated carbocycles. The molecule has 0 spiro atoms. The van der Waals surface area contributed by atoms with Gasteiger partial charge in [0.05, 0.1) is 11.7 Å². The Morgan fingerprint density at radius 3 is 2.45 bits per heavy atom. The van der Waals surface area contributed by atoms with Gasteiger partial charge < -0.3 is 10.6 Å². The third kappa shape index (κ3) is 3.85. The van der Waals surface area contributed by atoms with Gasteiger partial charge in [0.25, 0.3) is 0 Å². The average molecular weight is 274 g/mol. The van der Waals surface area contributed by atoms with Crippen molar-refractivity contribution in [1.82, 2.24) is 30.8 Å². The highest BCUT2D eigenvalue weighted by Gasteiger charge is 2.14. The van der Waals surface area contributed by atoms with Gasteiger partial charge in [-0.1, -0.05) is 32.0 Å². The highest BCUT2D eigenvalue weighted by atomic mass is 15.5. The Bertz CT molecular complexity index is 507. The summed E-state index contributed by atoms with van der Waals surface area (Å²) in [5, 5.41) is 18.8. The number of para-hydroxylation sites is 1. The van der Waals surface area contributed by atoms with E-state index in [2.05, 4.69) is 46.9 Å². The van der Waals surface area contributed by atoms with Crippen LogP contribution in [0.1, 0.15) is 32.6 Å².